The molecule has 0 radical (unpaired) electrons. The van der Waals surface area contributed by atoms with E-state index in [1.54, 1.807) is 0 Å². The molecule has 0 aliphatic heterocycles. The molecule has 152 valence electrons. The van der Waals surface area contributed by atoms with Crippen LogP contribution in [-0.2, 0) is 11.4 Å². The minimum absolute atomic E-state index is 0. The van der Waals surface area contributed by atoms with Crippen molar-refractivity contribution in [3.05, 3.63) is 65.7 Å². The lowest BCUT2D eigenvalue weighted by atomic mass is 10.00. The molecule has 5 nitrogen and oxygen atoms in total. The molecule has 2 aromatic carbocycles. The number of hydrogen-bond acceptors (Lipinski definition) is 4. The van der Waals surface area contributed by atoms with E-state index in [1.807, 2.05) is 54.6 Å². The van der Waals surface area contributed by atoms with E-state index in [4.69, 9.17) is 10.5 Å². The highest BCUT2D eigenvalue weighted by Crippen LogP contribution is 2.26. The smallest absolute Gasteiger partial charge is 0.220 e. The van der Waals surface area contributed by atoms with E-state index in [0.29, 0.717) is 18.8 Å². The minimum Gasteiger partial charge on any atom is -0.489 e. The number of nitrogens with one attached hydrogen (secondary N) is 1. The van der Waals surface area contributed by atoms with Gasteiger partial charge < -0.3 is 20.9 Å². The fourth-order valence-electron chi connectivity index (χ4n) is 3.51. The molecule has 2 aromatic rings. The quantitative estimate of drug-likeness (QED) is 0.629. The van der Waals surface area contributed by atoms with Crippen LogP contribution in [0.15, 0.2) is 54.6 Å². The lowest BCUT2D eigenvalue weighted by Crippen LogP contribution is -2.33. The van der Waals surface area contributed by atoms with E-state index < -0.39 is 6.10 Å². The Kier molecular flexibility index (Phi) is 8.77. The molecular weight excluding hydrogens is 376 g/mol. The van der Waals surface area contributed by atoms with Crippen molar-refractivity contribution in [2.24, 2.45) is 11.7 Å². The van der Waals surface area contributed by atoms with Crippen LogP contribution in [0.1, 0.15) is 42.9 Å². The maximum absolute atomic E-state index is 12.1. The van der Waals surface area contributed by atoms with Gasteiger partial charge in [0.1, 0.15) is 12.4 Å². The molecule has 0 heterocycles. The number of carbonyl (C=O) groups is 1. The first-order valence-corrected chi connectivity index (χ1v) is 9.59. The van der Waals surface area contributed by atoms with Gasteiger partial charge in [0.2, 0.25) is 5.91 Å². The van der Waals surface area contributed by atoms with Crippen molar-refractivity contribution in [2.75, 3.05) is 6.54 Å². The van der Waals surface area contributed by atoms with Gasteiger partial charge in [-0.2, -0.15) is 0 Å². The summed E-state index contributed by atoms with van der Waals surface area (Å²) in [5.74, 6) is 0.906. The van der Waals surface area contributed by atoms with Gasteiger partial charge in [-0.3, -0.25) is 4.79 Å². The SMILES string of the molecule is Cl.N[C@@H]1CCC[C@H]1CC(=O)NCC(O)c1cccc(OCc2ccccc2)c1. The fraction of sp³-hybridized carbons (Fsp3) is 0.409. The molecule has 3 atom stereocenters. The summed E-state index contributed by atoms with van der Waals surface area (Å²) in [6, 6.07) is 17.4. The topological polar surface area (TPSA) is 84.6 Å². The number of amides is 1. The Morgan fingerprint density at radius 2 is 1.96 bits per heavy atom. The second kappa shape index (κ2) is 11.1. The summed E-state index contributed by atoms with van der Waals surface area (Å²) in [5.41, 5.74) is 7.82. The summed E-state index contributed by atoms with van der Waals surface area (Å²) >= 11 is 0. The minimum atomic E-state index is -0.772. The van der Waals surface area contributed by atoms with Crippen LogP contribution in [0.25, 0.3) is 0 Å². The third kappa shape index (κ3) is 6.51. The van der Waals surface area contributed by atoms with Gasteiger partial charge in [-0.15, -0.1) is 12.4 Å². The van der Waals surface area contributed by atoms with E-state index in [0.717, 1.165) is 30.4 Å². The van der Waals surface area contributed by atoms with E-state index in [2.05, 4.69) is 5.32 Å². The number of aliphatic hydroxyl groups excluding tert-OH is 1. The van der Waals surface area contributed by atoms with Crippen LogP contribution >= 0.6 is 12.4 Å². The van der Waals surface area contributed by atoms with Gasteiger partial charge in [0, 0.05) is 19.0 Å². The Bertz CT molecular complexity index is 742. The van der Waals surface area contributed by atoms with Crippen molar-refractivity contribution in [1.82, 2.24) is 5.32 Å². The highest BCUT2D eigenvalue weighted by atomic mass is 35.5. The first-order chi connectivity index (χ1) is 13.1. The molecular formula is C22H29ClN2O3. The molecule has 28 heavy (non-hydrogen) atoms. The molecule has 3 rings (SSSR count). The lowest BCUT2D eigenvalue weighted by Gasteiger charge is -2.17. The molecule has 1 saturated carbocycles. The van der Waals surface area contributed by atoms with Crippen LogP contribution in [-0.4, -0.2) is 23.6 Å². The predicted molar refractivity (Wildman–Crippen MR) is 112 cm³/mol. The number of rotatable bonds is 8. The average Bonchev–Trinajstić information content (AvgIpc) is 3.10. The lowest BCUT2D eigenvalue weighted by molar-refractivity contribution is -0.122. The van der Waals surface area contributed by atoms with Crippen LogP contribution in [0.2, 0.25) is 0 Å². The van der Waals surface area contributed by atoms with Crippen molar-refractivity contribution in [3.8, 4) is 5.75 Å². The molecule has 1 aliphatic carbocycles. The number of nitrogens with two attached hydrogens (primary N) is 1. The molecule has 1 fully saturated rings. The molecule has 0 bridgehead atoms. The van der Waals surface area contributed by atoms with E-state index in [9.17, 15) is 9.90 Å². The third-order valence-electron chi connectivity index (χ3n) is 5.15. The van der Waals surface area contributed by atoms with Gasteiger partial charge in [-0.05, 0) is 42.0 Å². The molecule has 1 unspecified atom stereocenters. The van der Waals surface area contributed by atoms with Crippen molar-refractivity contribution >= 4 is 18.3 Å². The number of aliphatic hydroxyl groups is 1. The Labute approximate surface area is 172 Å². The van der Waals surface area contributed by atoms with Crippen LogP contribution < -0.4 is 15.8 Å². The highest BCUT2D eigenvalue weighted by molar-refractivity contribution is 5.85. The van der Waals surface area contributed by atoms with Crippen molar-refractivity contribution < 1.29 is 14.6 Å². The molecule has 4 N–H and O–H groups in total. The fourth-order valence-corrected chi connectivity index (χ4v) is 3.51. The van der Waals surface area contributed by atoms with Crippen molar-refractivity contribution in [2.45, 2.75) is 44.4 Å². The molecule has 0 aromatic heterocycles. The first kappa shape index (κ1) is 22.2. The molecule has 0 saturated heterocycles. The van der Waals surface area contributed by atoms with Crippen LogP contribution in [0.5, 0.6) is 5.75 Å². The maximum Gasteiger partial charge on any atom is 0.220 e. The van der Waals surface area contributed by atoms with Gasteiger partial charge in [0.25, 0.3) is 0 Å². The third-order valence-corrected chi connectivity index (χ3v) is 5.15. The summed E-state index contributed by atoms with van der Waals surface area (Å²) in [6.45, 7) is 0.654. The van der Waals surface area contributed by atoms with Gasteiger partial charge in [0.15, 0.2) is 0 Å². The summed E-state index contributed by atoms with van der Waals surface area (Å²) < 4.78 is 5.80. The van der Waals surface area contributed by atoms with Crippen LogP contribution in [0.3, 0.4) is 0 Å². The van der Waals surface area contributed by atoms with E-state index in [1.165, 1.54) is 0 Å². The Morgan fingerprint density at radius 3 is 2.68 bits per heavy atom. The normalized spacial score (nSPS) is 19.5. The maximum atomic E-state index is 12.1. The van der Waals surface area contributed by atoms with E-state index >= 15 is 0 Å². The van der Waals surface area contributed by atoms with Crippen LogP contribution in [0, 0.1) is 5.92 Å². The van der Waals surface area contributed by atoms with Gasteiger partial charge in [-0.1, -0.05) is 48.9 Å². The second-order valence-electron chi connectivity index (χ2n) is 7.23. The molecule has 1 amide bonds. The zero-order valence-corrected chi connectivity index (χ0v) is 16.7. The second-order valence-corrected chi connectivity index (χ2v) is 7.23. The zero-order chi connectivity index (χ0) is 19.1. The monoisotopic (exact) mass is 404 g/mol. The summed E-state index contributed by atoms with van der Waals surface area (Å²) in [5, 5.41) is 13.2. The van der Waals surface area contributed by atoms with Crippen molar-refractivity contribution in [1.29, 1.82) is 0 Å². The van der Waals surface area contributed by atoms with Crippen LogP contribution in [0.4, 0.5) is 0 Å². The number of carbonyl (C=O) groups excluding carboxylic acids is 1. The van der Waals surface area contributed by atoms with Gasteiger partial charge in [0.05, 0.1) is 6.10 Å². The standard InChI is InChI=1S/C22H28N2O3.ClH/c23-20-11-5-8-17(20)13-22(26)24-14-21(25)18-9-4-10-19(12-18)27-15-16-6-2-1-3-7-16;/h1-4,6-7,9-10,12,17,20-21,25H,5,8,11,13-15,23H2,(H,24,26);1H/t17-,20+,21?;/m0./s1. The number of halogens is 1. The number of hydrogen-bond donors (Lipinski definition) is 3. The number of ether oxygens (including phenoxy) is 1. The zero-order valence-electron chi connectivity index (χ0n) is 15.9. The summed E-state index contributed by atoms with van der Waals surface area (Å²) in [7, 11) is 0. The Hall–Kier alpha value is -2.08. The number of benzene rings is 2. The average molecular weight is 405 g/mol. The van der Waals surface area contributed by atoms with Crippen molar-refractivity contribution in [3.63, 3.8) is 0 Å². The van der Waals surface area contributed by atoms with E-state index in [-0.39, 0.29) is 36.8 Å². The summed E-state index contributed by atoms with van der Waals surface area (Å²) in [4.78, 5) is 12.1. The van der Waals surface area contributed by atoms with Gasteiger partial charge >= 0.3 is 0 Å². The molecule has 6 heteroatoms. The molecule has 1 aliphatic rings. The Morgan fingerprint density at radius 1 is 1.18 bits per heavy atom. The Balaban J connectivity index is 0.00000280. The molecule has 0 spiro atoms. The first-order valence-electron chi connectivity index (χ1n) is 9.59. The highest BCUT2D eigenvalue weighted by Gasteiger charge is 2.26. The summed E-state index contributed by atoms with van der Waals surface area (Å²) in [6.07, 6.45) is 2.77. The van der Waals surface area contributed by atoms with Gasteiger partial charge in [-0.25, -0.2) is 0 Å². The predicted octanol–water partition coefficient (Wildman–Crippen LogP) is 3.35. The largest absolute Gasteiger partial charge is 0.489 e.